The minimum Gasteiger partial charge on any atom is -0.441 e. The molecule has 1 aromatic carbocycles. The Morgan fingerprint density at radius 1 is 1.33 bits per heavy atom. The van der Waals surface area contributed by atoms with Gasteiger partial charge in [-0.05, 0) is 55.7 Å². The topological polar surface area (TPSA) is 81.2 Å². The summed E-state index contributed by atoms with van der Waals surface area (Å²) in [6, 6.07) is 5.95. The molecule has 1 amide bonds. The van der Waals surface area contributed by atoms with Crippen molar-refractivity contribution in [2.24, 2.45) is 23.5 Å². The predicted octanol–water partition coefficient (Wildman–Crippen LogP) is 3.48. The van der Waals surface area contributed by atoms with Crippen LogP contribution in [0.25, 0.3) is 11.1 Å². The molecule has 0 aliphatic heterocycles. The van der Waals surface area contributed by atoms with Crippen molar-refractivity contribution in [2.45, 2.75) is 51.5 Å². The normalized spacial score (nSPS) is 29.6. The van der Waals surface area contributed by atoms with E-state index in [1.165, 1.54) is 19.3 Å². The molecule has 3 N–H and O–H groups in total. The molecule has 2 unspecified atom stereocenters. The van der Waals surface area contributed by atoms with Gasteiger partial charge in [0.15, 0.2) is 11.5 Å². The van der Waals surface area contributed by atoms with Crippen LogP contribution in [-0.4, -0.2) is 16.9 Å². The highest BCUT2D eigenvalue weighted by molar-refractivity contribution is 5.94. The summed E-state index contributed by atoms with van der Waals surface area (Å²) in [5, 5.41) is 3.07. The van der Waals surface area contributed by atoms with E-state index in [4.69, 9.17) is 10.2 Å². The molecule has 1 heterocycles. The predicted molar refractivity (Wildman–Crippen MR) is 93.5 cm³/mol. The lowest BCUT2D eigenvalue weighted by Crippen LogP contribution is -2.48. The van der Waals surface area contributed by atoms with Crippen molar-refractivity contribution in [3.8, 4) is 0 Å². The lowest BCUT2D eigenvalue weighted by molar-refractivity contribution is -0.122. The summed E-state index contributed by atoms with van der Waals surface area (Å²) in [5.41, 5.74) is 8.69. The largest absolute Gasteiger partial charge is 0.441 e. The van der Waals surface area contributed by atoms with Crippen LogP contribution < -0.4 is 11.1 Å². The molecule has 2 saturated carbocycles. The van der Waals surface area contributed by atoms with E-state index in [1.807, 2.05) is 25.1 Å². The second kappa shape index (κ2) is 6.20. The maximum atomic E-state index is 12.7. The third-order valence-corrected chi connectivity index (χ3v) is 5.79. The Morgan fingerprint density at radius 2 is 2.08 bits per heavy atom. The quantitative estimate of drug-likeness (QED) is 0.904. The standard InChI is InChI=1S/C19H25N3O2/c1-2-17-22-15-10-14(6-7-16(15)24-17)21-19(23)13-8-11-4-3-5-12(9-13)18(11)20/h6-7,10-13,18H,2-5,8-9,20H2,1H3,(H,21,23). The van der Waals surface area contributed by atoms with Crippen LogP contribution in [-0.2, 0) is 11.2 Å². The third kappa shape index (κ3) is 2.81. The minimum atomic E-state index is 0.0827. The Labute approximate surface area is 142 Å². The lowest BCUT2D eigenvalue weighted by atomic mass is 9.65. The number of carbonyl (C=O) groups is 1. The molecule has 2 atom stereocenters. The molecular weight excluding hydrogens is 302 g/mol. The Morgan fingerprint density at radius 3 is 2.79 bits per heavy atom. The van der Waals surface area contributed by atoms with Crippen LogP contribution in [0.4, 0.5) is 5.69 Å². The van der Waals surface area contributed by atoms with Gasteiger partial charge in [-0.3, -0.25) is 4.79 Å². The Bertz CT molecular complexity index is 740. The van der Waals surface area contributed by atoms with Gasteiger partial charge in [-0.15, -0.1) is 0 Å². The van der Waals surface area contributed by atoms with E-state index < -0.39 is 0 Å². The van der Waals surface area contributed by atoms with Crippen LogP contribution in [0.3, 0.4) is 0 Å². The average molecular weight is 327 g/mol. The molecule has 0 radical (unpaired) electrons. The maximum absolute atomic E-state index is 12.7. The van der Waals surface area contributed by atoms with Crippen LogP contribution in [0.15, 0.2) is 22.6 Å². The average Bonchev–Trinajstić information content (AvgIpc) is 2.97. The van der Waals surface area contributed by atoms with Gasteiger partial charge in [0.2, 0.25) is 5.91 Å². The second-order valence-electron chi connectivity index (χ2n) is 7.33. The number of nitrogens with two attached hydrogens (primary N) is 1. The molecule has 4 rings (SSSR count). The van der Waals surface area contributed by atoms with Gasteiger partial charge >= 0.3 is 0 Å². The fraction of sp³-hybridized carbons (Fsp3) is 0.579. The third-order valence-electron chi connectivity index (χ3n) is 5.79. The number of aryl methyl sites for hydroxylation is 1. The first-order valence-electron chi connectivity index (χ1n) is 9.10. The summed E-state index contributed by atoms with van der Waals surface area (Å²) in [5.74, 6) is 1.95. The molecule has 1 aromatic heterocycles. The van der Waals surface area contributed by atoms with Gasteiger partial charge in [-0.2, -0.15) is 0 Å². The number of benzene rings is 1. The molecule has 2 bridgehead atoms. The number of anilines is 1. The highest BCUT2D eigenvalue weighted by Crippen LogP contribution is 2.42. The van der Waals surface area contributed by atoms with Crippen molar-refractivity contribution in [3.63, 3.8) is 0 Å². The zero-order chi connectivity index (χ0) is 16.7. The number of rotatable bonds is 3. The summed E-state index contributed by atoms with van der Waals surface area (Å²) in [6.45, 7) is 2.01. The number of oxazole rings is 1. The number of amides is 1. The summed E-state index contributed by atoms with van der Waals surface area (Å²) in [6.07, 6.45) is 6.23. The van der Waals surface area contributed by atoms with Gasteiger partial charge in [0.25, 0.3) is 0 Å². The summed E-state index contributed by atoms with van der Waals surface area (Å²) >= 11 is 0. The van der Waals surface area contributed by atoms with Gasteiger partial charge in [-0.1, -0.05) is 13.3 Å². The van der Waals surface area contributed by atoms with Gasteiger partial charge in [-0.25, -0.2) is 4.98 Å². The van der Waals surface area contributed by atoms with E-state index in [-0.39, 0.29) is 11.8 Å². The molecule has 0 saturated heterocycles. The van der Waals surface area contributed by atoms with Crippen LogP contribution in [0.1, 0.15) is 44.9 Å². The lowest BCUT2D eigenvalue weighted by Gasteiger charge is -2.43. The monoisotopic (exact) mass is 327 g/mol. The molecule has 24 heavy (non-hydrogen) atoms. The van der Waals surface area contributed by atoms with Crippen LogP contribution >= 0.6 is 0 Å². The molecular formula is C19H25N3O2. The fourth-order valence-electron chi connectivity index (χ4n) is 4.45. The van der Waals surface area contributed by atoms with Crippen molar-refractivity contribution in [2.75, 3.05) is 5.32 Å². The number of hydrogen-bond donors (Lipinski definition) is 2. The number of fused-ring (bicyclic) bond motifs is 3. The van der Waals surface area contributed by atoms with E-state index in [9.17, 15) is 4.79 Å². The van der Waals surface area contributed by atoms with Crippen LogP contribution in [0.5, 0.6) is 0 Å². The summed E-state index contributed by atoms with van der Waals surface area (Å²) in [7, 11) is 0. The summed E-state index contributed by atoms with van der Waals surface area (Å²) < 4.78 is 5.62. The van der Waals surface area contributed by atoms with E-state index >= 15 is 0 Å². The van der Waals surface area contributed by atoms with E-state index in [0.29, 0.717) is 17.9 Å². The van der Waals surface area contributed by atoms with Gasteiger partial charge in [0.05, 0.1) is 0 Å². The van der Waals surface area contributed by atoms with Gasteiger partial charge in [0.1, 0.15) is 5.52 Å². The molecule has 0 spiro atoms. The van der Waals surface area contributed by atoms with E-state index in [0.717, 1.165) is 41.9 Å². The highest BCUT2D eigenvalue weighted by Gasteiger charge is 2.40. The highest BCUT2D eigenvalue weighted by atomic mass is 16.3. The first-order valence-corrected chi connectivity index (χ1v) is 9.10. The van der Waals surface area contributed by atoms with Crippen molar-refractivity contribution >= 4 is 22.7 Å². The fourth-order valence-corrected chi connectivity index (χ4v) is 4.45. The van der Waals surface area contributed by atoms with Crippen molar-refractivity contribution in [1.82, 2.24) is 4.98 Å². The van der Waals surface area contributed by atoms with Gasteiger partial charge in [0, 0.05) is 24.1 Å². The van der Waals surface area contributed by atoms with Crippen molar-refractivity contribution in [3.05, 3.63) is 24.1 Å². The van der Waals surface area contributed by atoms with Crippen LogP contribution in [0, 0.1) is 17.8 Å². The Hall–Kier alpha value is -1.88. The van der Waals surface area contributed by atoms with Gasteiger partial charge < -0.3 is 15.5 Å². The SMILES string of the molecule is CCc1nc2cc(NC(=O)C3CC4CCCC(C3)C4N)ccc2o1. The molecule has 2 fully saturated rings. The first kappa shape index (κ1) is 15.6. The molecule has 2 aliphatic rings. The molecule has 128 valence electrons. The van der Waals surface area contributed by atoms with E-state index in [1.54, 1.807) is 0 Å². The Kier molecular flexibility index (Phi) is 4.04. The molecule has 2 aromatic rings. The molecule has 2 aliphatic carbocycles. The number of hydrogen-bond acceptors (Lipinski definition) is 4. The Balaban J connectivity index is 1.47. The smallest absolute Gasteiger partial charge is 0.227 e. The van der Waals surface area contributed by atoms with Crippen molar-refractivity contribution in [1.29, 1.82) is 0 Å². The van der Waals surface area contributed by atoms with Crippen molar-refractivity contribution < 1.29 is 9.21 Å². The maximum Gasteiger partial charge on any atom is 0.227 e. The zero-order valence-electron chi connectivity index (χ0n) is 14.1. The summed E-state index contributed by atoms with van der Waals surface area (Å²) in [4.78, 5) is 17.1. The first-order chi connectivity index (χ1) is 11.6. The van der Waals surface area contributed by atoms with Crippen LogP contribution in [0.2, 0.25) is 0 Å². The second-order valence-corrected chi connectivity index (χ2v) is 7.33. The number of nitrogens with zero attached hydrogens (tertiary/aromatic N) is 1. The zero-order valence-corrected chi connectivity index (χ0v) is 14.1. The molecule has 5 nitrogen and oxygen atoms in total. The minimum absolute atomic E-state index is 0.0827. The van der Waals surface area contributed by atoms with E-state index in [2.05, 4.69) is 10.3 Å². The number of aromatic nitrogens is 1. The molecule has 5 heteroatoms. The number of carbonyl (C=O) groups excluding carboxylic acids is 1. The number of nitrogens with one attached hydrogen (secondary N) is 1.